The molecular formula is C50H24O4. The van der Waals surface area contributed by atoms with Gasteiger partial charge < -0.3 is 18.9 Å². The van der Waals surface area contributed by atoms with Gasteiger partial charge in [-0.05, 0) is 140 Å². The molecule has 9 aromatic carbocycles. The SMILES string of the molecule is c1c#cc2ccc3ccc4c(c3c2)c2c(ccc3ccc(c#cc#cc5ccc6ccc7c(c6c5)c5c(ccc6ccc(c#1)cc65)OCO7)cc32)OCO4. The van der Waals surface area contributed by atoms with Gasteiger partial charge in [-0.1, -0.05) is 72.8 Å². The van der Waals surface area contributed by atoms with E-state index in [2.05, 4.69) is 121 Å². The first-order chi connectivity index (χ1) is 26.7. The van der Waals surface area contributed by atoms with Crippen LogP contribution in [0.1, 0.15) is 0 Å². The second kappa shape index (κ2) is 11.9. The number of fused-ring (bicyclic) bond motifs is 4. The quantitative estimate of drug-likeness (QED) is 0.159. The van der Waals surface area contributed by atoms with Gasteiger partial charge in [-0.15, -0.1) is 0 Å². The fourth-order valence-corrected chi connectivity index (χ4v) is 7.75. The highest BCUT2D eigenvalue weighted by Gasteiger charge is 2.18. The number of rotatable bonds is 0. The summed E-state index contributed by atoms with van der Waals surface area (Å²) in [6, 6.07) is 66.9. The second-order valence-corrected chi connectivity index (χ2v) is 13.3. The van der Waals surface area contributed by atoms with Crippen LogP contribution in [0.4, 0.5) is 0 Å². The Bertz CT molecular complexity index is 2800. The predicted molar refractivity (Wildman–Crippen MR) is 213 cm³/mol. The molecule has 54 heavy (non-hydrogen) atoms. The van der Waals surface area contributed by atoms with Crippen LogP contribution >= 0.6 is 0 Å². The molecule has 0 amide bonds. The van der Waals surface area contributed by atoms with Gasteiger partial charge in [-0.2, -0.15) is 0 Å². The molecule has 4 heteroatoms. The van der Waals surface area contributed by atoms with E-state index in [1.54, 1.807) is 0 Å². The first-order valence-corrected chi connectivity index (χ1v) is 17.6. The Morgan fingerprint density at radius 3 is 0.796 bits per heavy atom. The van der Waals surface area contributed by atoms with Crippen molar-refractivity contribution >= 4 is 86.2 Å². The molecule has 0 radical (unpaired) electrons. The van der Waals surface area contributed by atoms with E-state index < -0.39 is 0 Å². The fraction of sp³-hybridized carbons (Fsp3) is 0.0400. The van der Waals surface area contributed by atoms with Crippen LogP contribution in [0.15, 0.2) is 121 Å². The third kappa shape index (κ3) is 4.88. The van der Waals surface area contributed by atoms with Crippen LogP contribution in [-0.2, 0) is 0 Å². The molecule has 0 saturated carbocycles. The van der Waals surface area contributed by atoms with Gasteiger partial charge in [0.15, 0.2) is 0 Å². The van der Waals surface area contributed by atoms with E-state index in [1.807, 2.05) is 48.5 Å². The smallest absolute Gasteiger partial charge is 0.230 e. The molecule has 2 heterocycles. The summed E-state index contributed by atoms with van der Waals surface area (Å²) in [7, 11) is 0. The number of benzene rings is 8. The van der Waals surface area contributed by atoms with Crippen molar-refractivity contribution in [3.05, 3.63) is 170 Å². The van der Waals surface area contributed by atoms with Crippen LogP contribution in [0.5, 0.6) is 23.0 Å². The zero-order chi connectivity index (χ0) is 35.6. The summed E-state index contributed by atoms with van der Waals surface area (Å²) in [5.74, 6) is 3.00. The van der Waals surface area contributed by atoms with Crippen molar-refractivity contribution < 1.29 is 18.9 Å². The number of hydrogen-bond acceptors (Lipinski definition) is 4. The summed E-state index contributed by atoms with van der Waals surface area (Å²) >= 11 is 0. The third-order valence-electron chi connectivity index (χ3n) is 10.2. The van der Waals surface area contributed by atoms with Crippen LogP contribution in [0.25, 0.3) is 86.2 Å². The van der Waals surface area contributed by atoms with E-state index in [-0.39, 0.29) is 13.6 Å². The van der Waals surface area contributed by atoms with E-state index in [4.69, 9.17) is 18.9 Å². The Balaban J connectivity index is 1.26. The zero-order valence-electron chi connectivity index (χ0n) is 28.6. The van der Waals surface area contributed by atoms with Crippen LogP contribution in [0.3, 0.4) is 0 Å². The van der Waals surface area contributed by atoms with Crippen molar-refractivity contribution in [3.63, 3.8) is 0 Å². The first kappa shape index (κ1) is 29.9. The zero-order valence-corrected chi connectivity index (χ0v) is 28.6. The Labute approximate surface area is 310 Å². The minimum atomic E-state index is 0.108. The van der Waals surface area contributed by atoms with Crippen molar-refractivity contribution in [1.29, 1.82) is 0 Å². The molecule has 0 atom stereocenters. The molecule has 248 valence electrons. The summed E-state index contributed by atoms with van der Waals surface area (Å²) < 4.78 is 24.7. The summed E-state index contributed by atoms with van der Waals surface area (Å²) in [6.07, 6.45) is 0. The van der Waals surface area contributed by atoms with Crippen LogP contribution < -0.4 is 18.9 Å². The van der Waals surface area contributed by atoms with E-state index in [0.717, 1.165) is 109 Å². The number of hydrogen-bond donors (Lipinski definition) is 0. The molecule has 0 unspecified atom stereocenters. The minimum absolute atomic E-state index is 0.108. The summed E-state index contributed by atoms with van der Waals surface area (Å²) in [5, 5.41) is 15.6. The molecule has 0 aromatic heterocycles. The maximum Gasteiger partial charge on any atom is 0.230 e. The van der Waals surface area contributed by atoms with Gasteiger partial charge >= 0.3 is 0 Å². The average Bonchev–Trinajstić information content (AvgIpc) is 3.53. The molecule has 4 nitrogen and oxygen atoms in total. The Morgan fingerprint density at radius 2 is 0.537 bits per heavy atom. The monoisotopic (exact) mass is 688 g/mol. The van der Waals surface area contributed by atoms with Gasteiger partial charge in [0.25, 0.3) is 0 Å². The average molecular weight is 689 g/mol. The largest absolute Gasteiger partial charge is 0.457 e. The van der Waals surface area contributed by atoms with Gasteiger partial charge in [0.1, 0.15) is 23.0 Å². The maximum absolute atomic E-state index is 6.17. The summed E-state index contributed by atoms with van der Waals surface area (Å²) in [6.45, 7) is 0.215. The molecule has 2 aliphatic rings. The fourth-order valence-electron chi connectivity index (χ4n) is 7.75. The third-order valence-corrected chi connectivity index (χ3v) is 10.2. The van der Waals surface area contributed by atoms with Crippen molar-refractivity contribution in [1.82, 2.24) is 0 Å². The van der Waals surface area contributed by atoms with Gasteiger partial charge in [0, 0.05) is 43.1 Å². The van der Waals surface area contributed by atoms with E-state index in [9.17, 15) is 0 Å². The Morgan fingerprint density at radius 1 is 0.296 bits per heavy atom. The highest BCUT2D eigenvalue weighted by atomic mass is 16.7. The van der Waals surface area contributed by atoms with Gasteiger partial charge in [0.2, 0.25) is 13.6 Å². The summed E-state index contributed by atoms with van der Waals surface area (Å²) in [4.78, 5) is 0. The van der Waals surface area contributed by atoms with Crippen LogP contribution in [-0.4, -0.2) is 13.6 Å². The van der Waals surface area contributed by atoms with Gasteiger partial charge in [-0.3, -0.25) is 0 Å². The molecule has 2 aliphatic heterocycles. The molecule has 9 aromatic rings. The molecular weight excluding hydrogens is 665 g/mol. The van der Waals surface area contributed by atoms with Crippen LogP contribution in [0.2, 0.25) is 0 Å². The predicted octanol–water partition coefficient (Wildman–Crippen LogP) is 11.6. The highest BCUT2D eigenvalue weighted by molar-refractivity contribution is 6.22. The van der Waals surface area contributed by atoms with Gasteiger partial charge in [0.05, 0.1) is 0 Å². The lowest BCUT2D eigenvalue weighted by Crippen LogP contribution is -2.03. The topological polar surface area (TPSA) is 36.9 Å². The molecule has 0 N–H and O–H groups in total. The van der Waals surface area contributed by atoms with Crippen molar-refractivity contribution in [2.45, 2.75) is 0 Å². The second-order valence-electron chi connectivity index (χ2n) is 13.3. The molecule has 0 fully saturated rings. The molecule has 0 saturated heterocycles. The summed E-state index contributed by atoms with van der Waals surface area (Å²) in [5.41, 5.74) is 0. The van der Waals surface area contributed by atoms with Crippen molar-refractivity contribution in [3.8, 4) is 23.0 Å². The van der Waals surface area contributed by atoms with E-state index in [0.29, 0.717) is 0 Å². The molecule has 0 spiro atoms. The Hall–Kier alpha value is -7.76. The minimum Gasteiger partial charge on any atom is -0.457 e. The van der Waals surface area contributed by atoms with Crippen LogP contribution in [0, 0.1) is 48.5 Å². The lowest BCUT2D eigenvalue weighted by molar-refractivity contribution is 0.125. The molecule has 0 aliphatic carbocycles. The standard InChI is InChI=1S/C50H24O4/c1-2-6-32-10-14-36-18-22-44-48(40(36)26-32)50-42-28-34(12-16-38(42)20-24-46(50)54-30-52-44)8-4-3-7-33-11-15-37-19-23-45-49(41(37)27-33)47-39-25-31(5-1)9-13-35(39)17-21-43(47)51-29-53-45/h9-28H,29-30H2. The highest BCUT2D eigenvalue weighted by Crippen LogP contribution is 2.44. The van der Waals surface area contributed by atoms with E-state index >= 15 is 0 Å². The molecule has 8 bridgehead atoms. The first-order valence-electron chi connectivity index (χ1n) is 17.6. The lowest BCUT2D eigenvalue weighted by Gasteiger charge is -2.08. The normalized spacial score (nSPS) is 12.3. The molecule has 11 rings (SSSR count). The van der Waals surface area contributed by atoms with E-state index in [1.165, 1.54) is 0 Å². The number of ether oxygens (including phenoxy) is 4. The maximum atomic E-state index is 6.17. The van der Waals surface area contributed by atoms with Crippen molar-refractivity contribution in [2.75, 3.05) is 13.6 Å². The van der Waals surface area contributed by atoms with Gasteiger partial charge in [-0.25, -0.2) is 0 Å². The van der Waals surface area contributed by atoms with Crippen molar-refractivity contribution in [2.24, 2.45) is 0 Å². The lowest BCUT2D eigenvalue weighted by atomic mass is 9.97. The Kier molecular flexibility index (Phi) is 6.60.